The minimum atomic E-state index is -2.54. The maximum atomic E-state index is 6.94. The second-order valence-electron chi connectivity index (χ2n) is 9.45. The fraction of sp³-hybridized carbons (Fsp3) is 0.636. The molecule has 2 nitrogen and oxygen atoms in total. The summed E-state index contributed by atoms with van der Waals surface area (Å²) in [7, 11) is -2.54. The quantitative estimate of drug-likeness (QED) is 0.426. The van der Waals surface area contributed by atoms with Gasteiger partial charge in [-0.2, -0.15) is 0 Å². The molecular weight excluding hydrogens is 324 g/mol. The van der Waals surface area contributed by atoms with Crippen molar-refractivity contribution in [3.05, 3.63) is 47.5 Å². The molecule has 1 aromatic rings. The van der Waals surface area contributed by atoms with E-state index in [0.717, 1.165) is 6.42 Å². The molecule has 0 fully saturated rings. The molecule has 0 aliphatic heterocycles. The maximum absolute atomic E-state index is 6.94. The van der Waals surface area contributed by atoms with Crippen LogP contribution in [0.2, 0.25) is 10.1 Å². The van der Waals surface area contributed by atoms with Crippen LogP contribution in [-0.2, 0) is 15.5 Å². The van der Waals surface area contributed by atoms with Crippen LogP contribution in [0.4, 0.5) is 0 Å². The van der Waals surface area contributed by atoms with Crippen LogP contribution in [-0.4, -0.2) is 14.7 Å². The van der Waals surface area contributed by atoms with Gasteiger partial charge in [0.15, 0.2) is 0 Å². The molecule has 1 unspecified atom stereocenters. The third-order valence-corrected chi connectivity index (χ3v) is 10.2. The first-order valence-corrected chi connectivity index (χ1v) is 11.4. The fourth-order valence-electron chi connectivity index (χ4n) is 4.08. The molecule has 3 heteroatoms. The van der Waals surface area contributed by atoms with Crippen molar-refractivity contribution in [2.24, 2.45) is 0 Å². The van der Waals surface area contributed by atoms with E-state index in [1.807, 2.05) is 6.07 Å². The SMILES string of the molecule is CC1=CC(O[Si](OCc2ccccc2)(C(C)(C)C)C(C)(C)C)CCC1. The smallest absolute Gasteiger partial charge is 0.350 e. The van der Waals surface area contributed by atoms with Gasteiger partial charge in [-0.1, -0.05) is 83.5 Å². The van der Waals surface area contributed by atoms with E-state index in [0.29, 0.717) is 6.61 Å². The van der Waals surface area contributed by atoms with Crippen molar-refractivity contribution in [3.8, 4) is 0 Å². The normalized spacial score (nSPS) is 19.6. The van der Waals surface area contributed by atoms with Gasteiger partial charge >= 0.3 is 8.56 Å². The Balaban J connectivity index is 2.33. The third-order valence-electron chi connectivity index (χ3n) is 5.11. The second-order valence-corrected chi connectivity index (χ2v) is 14.2. The molecule has 0 bridgehead atoms. The number of hydrogen-bond donors (Lipinski definition) is 0. The van der Waals surface area contributed by atoms with Gasteiger partial charge in [0.25, 0.3) is 0 Å². The van der Waals surface area contributed by atoms with Crippen molar-refractivity contribution in [2.75, 3.05) is 0 Å². The van der Waals surface area contributed by atoms with Crippen molar-refractivity contribution < 1.29 is 8.85 Å². The molecular formula is C22H36O2Si. The standard InChI is InChI=1S/C22H36O2Si/c1-18-12-11-15-20(16-18)24-25(21(2,3)4,22(5,6)7)23-17-19-13-9-8-10-14-19/h8-10,13-14,16,20H,11-12,15,17H2,1-7H3. The molecule has 1 aliphatic rings. The maximum Gasteiger partial charge on any atom is 0.350 e. The summed E-state index contributed by atoms with van der Waals surface area (Å²) in [4.78, 5) is 0. The summed E-state index contributed by atoms with van der Waals surface area (Å²) < 4.78 is 13.7. The molecule has 0 saturated carbocycles. The van der Waals surface area contributed by atoms with E-state index in [9.17, 15) is 0 Å². The summed E-state index contributed by atoms with van der Waals surface area (Å²) >= 11 is 0. The number of benzene rings is 1. The topological polar surface area (TPSA) is 18.5 Å². The van der Waals surface area contributed by atoms with E-state index >= 15 is 0 Å². The predicted octanol–water partition coefficient (Wildman–Crippen LogP) is 6.76. The molecule has 1 aliphatic carbocycles. The van der Waals surface area contributed by atoms with E-state index < -0.39 is 8.56 Å². The van der Waals surface area contributed by atoms with Crippen LogP contribution in [0.3, 0.4) is 0 Å². The zero-order valence-electron chi connectivity index (χ0n) is 17.2. The average Bonchev–Trinajstić information content (AvgIpc) is 2.50. The Bertz CT molecular complexity index is 564. The van der Waals surface area contributed by atoms with Crippen LogP contribution >= 0.6 is 0 Å². The highest BCUT2D eigenvalue weighted by Crippen LogP contribution is 2.53. The third kappa shape index (κ3) is 4.84. The molecule has 0 spiro atoms. The van der Waals surface area contributed by atoms with Gasteiger partial charge < -0.3 is 8.85 Å². The van der Waals surface area contributed by atoms with Crippen molar-refractivity contribution in [2.45, 2.75) is 90.5 Å². The lowest BCUT2D eigenvalue weighted by Gasteiger charge is -2.50. The summed E-state index contributed by atoms with van der Waals surface area (Å²) in [5, 5.41) is -0.0293. The van der Waals surface area contributed by atoms with Crippen LogP contribution in [0.5, 0.6) is 0 Å². The summed E-state index contributed by atoms with van der Waals surface area (Å²) in [6.07, 6.45) is 6.03. The summed E-state index contributed by atoms with van der Waals surface area (Å²) in [5.74, 6) is 0. The Morgan fingerprint density at radius 1 is 1.00 bits per heavy atom. The Morgan fingerprint density at radius 3 is 2.12 bits per heavy atom. The minimum absolute atomic E-state index is 0.0147. The van der Waals surface area contributed by atoms with Gasteiger partial charge in [-0.25, -0.2) is 0 Å². The highest BCUT2D eigenvalue weighted by molar-refractivity contribution is 6.73. The van der Waals surface area contributed by atoms with Crippen LogP contribution < -0.4 is 0 Å². The number of rotatable bonds is 5. The van der Waals surface area contributed by atoms with E-state index in [2.05, 4.69) is 78.8 Å². The molecule has 0 saturated heterocycles. The molecule has 0 aromatic heterocycles. The van der Waals surface area contributed by atoms with Crippen LogP contribution in [0, 0.1) is 0 Å². The largest absolute Gasteiger partial charge is 0.389 e. The summed E-state index contributed by atoms with van der Waals surface area (Å²) in [5.41, 5.74) is 2.66. The first kappa shape index (κ1) is 20.4. The first-order chi connectivity index (χ1) is 11.6. The van der Waals surface area contributed by atoms with E-state index in [-0.39, 0.29) is 16.2 Å². The lowest BCUT2D eigenvalue weighted by atomic mass is 9.99. The minimum Gasteiger partial charge on any atom is -0.389 e. The predicted molar refractivity (Wildman–Crippen MR) is 109 cm³/mol. The van der Waals surface area contributed by atoms with Gasteiger partial charge in [-0.05, 0) is 31.7 Å². The van der Waals surface area contributed by atoms with Gasteiger partial charge in [0.05, 0.1) is 12.7 Å². The zero-order valence-corrected chi connectivity index (χ0v) is 18.2. The molecule has 0 N–H and O–H groups in total. The van der Waals surface area contributed by atoms with E-state index in [4.69, 9.17) is 8.85 Å². The highest BCUT2D eigenvalue weighted by atomic mass is 28.4. The monoisotopic (exact) mass is 360 g/mol. The first-order valence-electron chi connectivity index (χ1n) is 9.58. The second kappa shape index (κ2) is 7.77. The summed E-state index contributed by atoms with van der Waals surface area (Å²) in [6, 6.07) is 10.5. The number of hydrogen-bond acceptors (Lipinski definition) is 2. The van der Waals surface area contributed by atoms with Gasteiger partial charge in [0, 0.05) is 10.1 Å². The Hall–Kier alpha value is -0.903. The van der Waals surface area contributed by atoms with Crippen molar-refractivity contribution >= 4 is 8.56 Å². The van der Waals surface area contributed by atoms with Crippen LogP contribution in [0.15, 0.2) is 42.0 Å². The van der Waals surface area contributed by atoms with Gasteiger partial charge in [0.1, 0.15) is 0 Å². The number of allylic oxidation sites excluding steroid dienone is 1. The van der Waals surface area contributed by atoms with Crippen molar-refractivity contribution in [1.82, 2.24) is 0 Å². The zero-order chi connectivity index (χ0) is 18.7. The molecule has 0 radical (unpaired) electrons. The average molecular weight is 361 g/mol. The van der Waals surface area contributed by atoms with E-state index in [1.54, 1.807) is 0 Å². The molecule has 1 atom stereocenters. The van der Waals surface area contributed by atoms with Crippen molar-refractivity contribution in [1.29, 1.82) is 0 Å². The van der Waals surface area contributed by atoms with Gasteiger partial charge in [-0.3, -0.25) is 0 Å². The molecule has 25 heavy (non-hydrogen) atoms. The van der Waals surface area contributed by atoms with Gasteiger partial charge in [-0.15, -0.1) is 0 Å². The lowest BCUT2D eigenvalue weighted by molar-refractivity contribution is 0.0864. The Kier molecular flexibility index (Phi) is 6.34. The highest BCUT2D eigenvalue weighted by Gasteiger charge is 2.59. The Labute approximate surface area is 155 Å². The van der Waals surface area contributed by atoms with Crippen LogP contribution in [0.1, 0.15) is 73.3 Å². The molecule has 0 amide bonds. The van der Waals surface area contributed by atoms with Gasteiger partial charge in [0.2, 0.25) is 0 Å². The van der Waals surface area contributed by atoms with E-state index in [1.165, 1.54) is 24.0 Å². The fourth-order valence-corrected chi connectivity index (χ4v) is 8.95. The van der Waals surface area contributed by atoms with Crippen LogP contribution in [0.25, 0.3) is 0 Å². The molecule has 1 aromatic carbocycles. The Morgan fingerprint density at radius 2 is 1.60 bits per heavy atom. The molecule has 0 heterocycles. The molecule has 140 valence electrons. The summed E-state index contributed by atoms with van der Waals surface area (Å²) in [6.45, 7) is 16.6. The lowest BCUT2D eigenvalue weighted by Crippen LogP contribution is -2.58. The van der Waals surface area contributed by atoms with Crippen molar-refractivity contribution in [3.63, 3.8) is 0 Å². The molecule has 2 rings (SSSR count).